The lowest BCUT2D eigenvalue weighted by atomic mass is 9.94. The maximum atomic E-state index is 10.6. The van der Waals surface area contributed by atoms with E-state index in [1.54, 1.807) is 0 Å². The van der Waals surface area contributed by atoms with Crippen LogP contribution in [-0.2, 0) is 16.0 Å². The Morgan fingerprint density at radius 3 is 2.75 bits per heavy atom. The van der Waals surface area contributed by atoms with Gasteiger partial charge in [-0.3, -0.25) is 4.90 Å². The predicted molar refractivity (Wildman–Crippen MR) is 93.9 cm³/mol. The second-order valence-electron chi connectivity index (χ2n) is 7.14. The molecule has 2 atom stereocenters. The van der Waals surface area contributed by atoms with Crippen LogP contribution in [0.25, 0.3) is 0 Å². The highest BCUT2D eigenvalue weighted by molar-refractivity contribution is 5.14. The van der Waals surface area contributed by atoms with E-state index in [0.29, 0.717) is 32.6 Å². The molecule has 2 N–H and O–H groups in total. The van der Waals surface area contributed by atoms with Crippen molar-refractivity contribution < 1.29 is 14.6 Å². The lowest BCUT2D eigenvalue weighted by Gasteiger charge is -2.38. The van der Waals surface area contributed by atoms with E-state index in [1.807, 2.05) is 0 Å². The molecule has 1 aromatic rings. The van der Waals surface area contributed by atoms with Gasteiger partial charge in [0, 0.05) is 58.3 Å². The van der Waals surface area contributed by atoms with Crippen molar-refractivity contribution in [3.63, 3.8) is 0 Å². The van der Waals surface area contributed by atoms with E-state index in [2.05, 4.69) is 47.5 Å². The highest BCUT2D eigenvalue weighted by Gasteiger charge is 2.32. The van der Waals surface area contributed by atoms with Gasteiger partial charge in [0.05, 0.1) is 18.3 Å². The maximum absolute atomic E-state index is 10.6. The average molecular weight is 334 g/mol. The molecule has 0 amide bonds. The smallest absolute Gasteiger partial charge is 0.0852 e. The number of rotatable bonds is 6. The normalized spacial score (nSPS) is 26.2. The Bertz CT molecular complexity index is 491. The fourth-order valence-electron chi connectivity index (χ4n) is 3.43. The summed E-state index contributed by atoms with van der Waals surface area (Å²) in [6.45, 7) is 7.68. The topological polar surface area (TPSA) is 54.0 Å². The standard InChI is InChI=1S/C19H30N2O3/c1-16(20-15-19(22)7-10-23-11-8-19)18-14-21(9-12-24-18)13-17-5-3-2-4-6-17/h2-6,16,18,20,22H,7-15H2,1H3. The van der Waals surface area contributed by atoms with Crippen molar-refractivity contribution in [1.82, 2.24) is 10.2 Å². The first-order chi connectivity index (χ1) is 11.6. The van der Waals surface area contributed by atoms with Crippen LogP contribution in [-0.4, -0.2) is 67.2 Å². The number of hydrogen-bond acceptors (Lipinski definition) is 5. The Morgan fingerprint density at radius 2 is 2.00 bits per heavy atom. The molecular weight excluding hydrogens is 304 g/mol. The Hall–Kier alpha value is -0.980. The zero-order valence-corrected chi connectivity index (χ0v) is 14.6. The third-order valence-corrected chi connectivity index (χ3v) is 5.16. The summed E-state index contributed by atoms with van der Waals surface area (Å²) >= 11 is 0. The summed E-state index contributed by atoms with van der Waals surface area (Å²) in [5.41, 5.74) is 0.709. The minimum absolute atomic E-state index is 0.158. The predicted octanol–water partition coefficient (Wildman–Crippen LogP) is 1.41. The zero-order valence-electron chi connectivity index (χ0n) is 14.6. The van der Waals surface area contributed by atoms with Crippen LogP contribution in [0.5, 0.6) is 0 Å². The van der Waals surface area contributed by atoms with Gasteiger partial charge >= 0.3 is 0 Å². The number of ether oxygens (including phenoxy) is 2. The first-order valence-electron chi connectivity index (χ1n) is 9.06. The molecular formula is C19H30N2O3. The number of morpholine rings is 1. The zero-order chi connectivity index (χ0) is 16.8. The van der Waals surface area contributed by atoms with E-state index >= 15 is 0 Å². The number of aliphatic hydroxyl groups is 1. The molecule has 2 fully saturated rings. The average Bonchev–Trinajstić information content (AvgIpc) is 2.61. The molecule has 2 aliphatic heterocycles. The fraction of sp³-hybridized carbons (Fsp3) is 0.684. The summed E-state index contributed by atoms with van der Waals surface area (Å²) < 4.78 is 11.3. The van der Waals surface area contributed by atoms with Gasteiger partial charge in [0.15, 0.2) is 0 Å². The van der Waals surface area contributed by atoms with E-state index in [4.69, 9.17) is 9.47 Å². The molecule has 2 saturated heterocycles. The van der Waals surface area contributed by atoms with Crippen molar-refractivity contribution in [2.45, 2.75) is 44.1 Å². The summed E-state index contributed by atoms with van der Waals surface area (Å²) in [6.07, 6.45) is 1.57. The van der Waals surface area contributed by atoms with Gasteiger partial charge in [0.1, 0.15) is 0 Å². The van der Waals surface area contributed by atoms with Gasteiger partial charge < -0.3 is 19.9 Å². The number of nitrogens with zero attached hydrogens (tertiary/aromatic N) is 1. The van der Waals surface area contributed by atoms with Crippen LogP contribution in [0.2, 0.25) is 0 Å². The summed E-state index contributed by atoms with van der Waals surface area (Å²) in [5.74, 6) is 0. The van der Waals surface area contributed by atoms with E-state index in [9.17, 15) is 5.11 Å². The van der Waals surface area contributed by atoms with Crippen LogP contribution in [0.3, 0.4) is 0 Å². The van der Waals surface area contributed by atoms with E-state index in [-0.39, 0.29) is 12.1 Å². The van der Waals surface area contributed by atoms with E-state index < -0.39 is 5.60 Å². The first kappa shape index (κ1) is 17.8. The van der Waals surface area contributed by atoms with Crippen molar-refractivity contribution >= 4 is 0 Å². The second-order valence-corrected chi connectivity index (χ2v) is 7.14. The minimum Gasteiger partial charge on any atom is -0.388 e. The Labute approximate surface area is 144 Å². The van der Waals surface area contributed by atoms with Crippen LogP contribution >= 0.6 is 0 Å². The molecule has 3 rings (SSSR count). The first-order valence-corrected chi connectivity index (χ1v) is 9.06. The van der Waals surface area contributed by atoms with Crippen molar-refractivity contribution in [2.24, 2.45) is 0 Å². The molecule has 0 bridgehead atoms. The van der Waals surface area contributed by atoms with Gasteiger partial charge in [0.2, 0.25) is 0 Å². The molecule has 5 nitrogen and oxygen atoms in total. The Balaban J connectivity index is 1.47. The second kappa shape index (κ2) is 8.41. The molecule has 2 heterocycles. The molecule has 0 radical (unpaired) electrons. The number of hydrogen-bond donors (Lipinski definition) is 2. The van der Waals surface area contributed by atoms with Gasteiger partial charge in [-0.2, -0.15) is 0 Å². The van der Waals surface area contributed by atoms with Crippen LogP contribution in [0.1, 0.15) is 25.3 Å². The van der Waals surface area contributed by atoms with Crippen LogP contribution in [0, 0.1) is 0 Å². The minimum atomic E-state index is -0.634. The molecule has 0 aliphatic carbocycles. The van der Waals surface area contributed by atoms with Gasteiger partial charge in [-0.1, -0.05) is 30.3 Å². The quantitative estimate of drug-likeness (QED) is 0.824. The van der Waals surface area contributed by atoms with Gasteiger partial charge in [-0.05, 0) is 12.5 Å². The summed E-state index contributed by atoms with van der Waals surface area (Å²) in [5, 5.41) is 14.1. The molecule has 134 valence electrons. The molecule has 1 aromatic carbocycles. The highest BCUT2D eigenvalue weighted by Crippen LogP contribution is 2.20. The van der Waals surface area contributed by atoms with Crippen LogP contribution < -0.4 is 5.32 Å². The molecule has 24 heavy (non-hydrogen) atoms. The fourth-order valence-corrected chi connectivity index (χ4v) is 3.43. The van der Waals surface area contributed by atoms with E-state index in [1.165, 1.54) is 5.56 Å². The van der Waals surface area contributed by atoms with Gasteiger partial charge in [0.25, 0.3) is 0 Å². The molecule has 5 heteroatoms. The summed E-state index contributed by atoms with van der Waals surface area (Å²) in [7, 11) is 0. The molecule has 0 aromatic heterocycles. The summed E-state index contributed by atoms with van der Waals surface area (Å²) in [4.78, 5) is 2.45. The molecule has 2 aliphatic rings. The lowest BCUT2D eigenvalue weighted by molar-refractivity contribution is -0.0733. The molecule has 0 spiro atoms. The highest BCUT2D eigenvalue weighted by atomic mass is 16.5. The van der Waals surface area contributed by atoms with Gasteiger partial charge in [-0.25, -0.2) is 0 Å². The Kier molecular flexibility index (Phi) is 6.25. The van der Waals surface area contributed by atoms with Crippen molar-refractivity contribution in [2.75, 3.05) is 39.5 Å². The number of nitrogens with one attached hydrogen (secondary N) is 1. The van der Waals surface area contributed by atoms with Crippen LogP contribution in [0.4, 0.5) is 0 Å². The molecule has 0 saturated carbocycles. The van der Waals surface area contributed by atoms with Crippen molar-refractivity contribution in [1.29, 1.82) is 0 Å². The monoisotopic (exact) mass is 334 g/mol. The third kappa shape index (κ3) is 5.01. The van der Waals surface area contributed by atoms with Gasteiger partial charge in [-0.15, -0.1) is 0 Å². The van der Waals surface area contributed by atoms with Crippen molar-refractivity contribution in [3.05, 3.63) is 35.9 Å². The third-order valence-electron chi connectivity index (χ3n) is 5.16. The largest absolute Gasteiger partial charge is 0.388 e. The molecule has 2 unspecified atom stereocenters. The van der Waals surface area contributed by atoms with Crippen molar-refractivity contribution in [3.8, 4) is 0 Å². The van der Waals surface area contributed by atoms with Crippen LogP contribution in [0.15, 0.2) is 30.3 Å². The Morgan fingerprint density at radius 1 is 1.25 bits per heavy atom. The lowest BCUT2D eigenvalue weighted by Crippen LogP contribution is -2.54. The number of benzene rings is 1. The van der Waals surface area contributed by atoms with E-state index in [0.717, 1.165) is 26.2 Å². The summed E-state index contributed by atoms with van der Waals surface area (Å²) in [6, 6.07) is 10.8. The maximum Gasteiger partial charge on any atom is 0.0852 e. The SMILES string of the molecule is CC(NCC1(O)CCOCC1)C1CN(Cc2ccccc2)CCO1.